The van der Waals surface area contributed by atoms with Gasteiger partial charge in [-0.2, -0.15) is 8.42 Å². The van der Waals surface area contributed by atoms with E-state index in [1.54, 1.807) is 6.92 Å². The Labute approximate surface area is 134 Å². The second-order valence-electron chi connectivity index (χ2n) is 2.31. The molecule has 0 aromatic heterocycles. The van der Waals surface area contributed by atoms with Crippen molar-refractivity contribution in [1.82, 2.24) is 0 Å². The van der Waals surface area contributed by atoms with Gasteiger partial charge in [-0.25, -0.2) is 4.79 Å². The number of hydrogen-bond acceptors (Lipinski definition) is 4. The molecule has 14 heavy (non-hydrogen) atoms. The van der Waals surface area contributed by atoms with E-state index in [2.05, 4.69) is 4.74 Å². The average molecular weight is 295 g/mol. The van der Waals surface area contributed by atoms with Crippen molar-refractivity contribution in [2.45, 2.75) is 13.3 Å². The fourth-order valence-electron chi connectivity index (χ4n) is 0.598. The van der Waals surface area contributed by atoms with Crippen molar-refractivity contribution in [3.8, 4) is 0 Å². The van der Waals surface area contributed by atoms with Gasteiger partial charge in [-0.3, -0.25) is 4.55 Å². The van der Waals surface area contributed by atoms with Crippen LogP contribution in [0.2, 0.25) is 0 Å². The summed E-state index contributed by atoms with van der Waals surface area (Å²) in [7, 11) is -3.94. The number of allylic oxidation sites excluding steroid dienone is 1. The molecular weight excluding hydrogens is 282 g/mol. The van der Waals surface area contributed by atoms with Crippen LogP contribution in [0.5, 0.6) is 0 Å². The molecule has 0 rings (SSSR count). The average Bonchev–Trinajstić information content (AvgIpc) is 1.97. The predicted molar refractivity (Wildman–Crippen MR) is 47.9 cm³/mol. The van der Waals surface area contributed by atoms with Gasteiger partial charge in [0.05, 0.1) is 12.4 Å². The van der Waals surface area contributed by atoms with Crippen molar-refractivity contribution in [2.75, 3.05) is 12.4 Å². The first-order chi connectivity index (χ1) is 5.95. The molecular formula is C7H13O5RbS. The summed E-state index contributed by atoms with van der Waals surface area (Å²) in [5, 5.41) is 0. The number of ether oxygens (including phenoxy) is 1. The summed E-state index contributed by atoms with van der Waals surface area (Å²) in [5.41, 5.74) is 0. The van der Waals surface area contributed by atoms with Crippen LogP contribution in [0.25, 0.3) is 0 Å². The molecule has 0 saturated carbocycles. The molecule has 7 heteroatoms. The Morgan fingerprint density at radius 3 is 2.57 bits per heavy atom. The molecule has 0 aliphatic rings. The van der Waals surface area contributed by atoms with Crippen LogP contribution in [0.3, 0.4) is 0 Å². The molecule has 0 aromatic carbocycles. The second-order valence-corrected chi connectivity index (χ2v) is 3.88. The summed E-state index contributed by atoms with van der Waals surface area (Å²) in [6.45, 7) is 1.66. The van der Waals surface area contributed by atoms with E-state index in [0.29, 0.717) is 0 Å². The number of rotatable bonds is 5. The molecule has 0 atom stereocenters. The first kappa shape index (κ1) is 17.3. The van der Waals surface area contributed by atoms with E-state index < -0.39 is 21.8 Å². The molecule has 0 aliphatic carbocycles. The first-order valence-electron chi connectivity index (χ1n) is 3.70. The minimum Gasteiger partial charge on any atom is -1.00 e. The van der Waals surface area contributed by atoms with E-state index >= 15 is 0 Å². The molecule has 0 saturated heterocycles. The van der Waals surface area contributed by atoms with Gasteiger partial charge < -0.3 is 6.16 Å². The Morgan fingerprint density at radius 2 is 2.14 bits per heavy atom. The van der Waals surface area contributed by atoms with Gasteiger partial charge in [-0.1, -0.05) is 6.08 Å². The Morgan fingerprint density at radius 1 is 1.57 bits per heavy atom. The van der Waals surface area contributed by atoms with Gasteiger partial charge in [0.2, 0.25) is 0 Å². The number of esters is 1. The van der Waals surface area contributed by atoms with E-state index in [-0.39, 0.29) is 72.6 Å². The van der Waals surface area contributed by atoms with Crippen molar-refractivity contribution in [1.29, 1.82) is 0 Å². The zero-order chi connectivity index (χ0) is 10.3. The van der Waals surface area contributed by atoms with Gasteiger partial charge in [0.25, 0.3) is 10.1 Å². The number of carbonyl (C=O) groups is 1. The molecule has 0 spiro atoms. The van der Waals surface area contributed by atoms with Crippen LogP contribution >= 0.6 is 0 Å². The summed E-state index contributed by atoms with van der Waals surface area (Å²) in [5.74, 6) is -0.909. The molecule has 0 radical (unpaired) electrons. The third-order valence-corrected chi connectivity index (χ3v) is 1.90. The molecule has 0 bridgehead atoms. The van der Waals surface area contributed by atoms with Crippen molar-refractivity contribution >= 4 is 16.1 Å². The minimum atomic E-state index is -3.94. The molecule has 0 unspecified atom stereocenters. The van der Waals surface area contributed by atoms with E-state index in [4.69, 9.17) is 4.55 Å². The smallest absolute Gasteiger partial charge is 1.00 e. The van der Waals surface area contributed by atoms with Crippen LogP contribution in [0.15, 0.2) is 12.2 Å². The van der Waals surface area contributed by atoms with E-state index in [1.807, 2.05) is 0 Å². The minimum absolute atomic E-state index is 0. The fraction of sp³-hybridized carbons (Fsp3) is 0.571. The van der Waals surface area contributed by atoms with Crippen LogP contribution in [0, 0.1) is 0 Å². The van der Waals surface area contributed by atoms with Gasteiger partial charge in [-0.05, 0) is 13.3 Å². The van der Waals surface area contributed by atoms with E-state index in [1.165, 1.54) is 12.2 Å². The molecule has 0 amide bonds. The van der Waals surface area contributed by atoms with Crippen LogP contribution in [0.1, 0.15) is 14.8 Å². The third-order valence-electron chi connectivity index (χ3n) is 1.09. The third kappa shape index (κ3) is 12.9. The van der Waals surface area contributed by atoms with Crippen molar-refractivity contribution in [3.63, 3.8) is 0 Å². The first-order valence-corrected chi connectivity index (χ1v) is 5.31. The van der Waals surface area contributed by atoms with E-state index in [9.17, 15) is 13.2 Å². The quantitative estimate of drug-likeness (QED) is 0.262. The van der Waals surface area contributed by atoms with E-state index in [0.717, 1.165) is 0 Å². The van der Waals surface area contributed by atoms with Crippen LogP contribution < -0.4 is 58.2 Å². The van der Waals surface area contributed by atoms with Crippen molar-refractivity contribution < 1.29 is 82.1 Å². The SMILES string of the molecule is CC=CC(=O)OCCCS(=O)(=O)O.[H-].[Rb+]. The topological polar surface area (TPSA) is 80.7 Å². The zero-order valence-electron chi connectivity index (χ0n) is 9.26. The van der Waals surface area contributed by atoms with Gasteiger partial charge >= 0.3 is 64.2 Å². The van der Waals surface area contributed by atoms with Crippen molar-refractivity contribution in [3.05, 3.63) is 12.2 Å². The van der Waals surface area contributed by atoms with Gasteiger partial charge in [0.1, 0.15) is 0 Å². The van der Waals surface area contributed by atoms with Crippen LogP contribution in [0.4, 0.5) is 0 Å². The monoisotopic (exact) mass is 294 g/mol. The maximum atomic E-state index is 10.6. The molecule has 0 aromatic rings. The normalized spacial score (nSPS) is 11.0. The maximum absolute atomic E-state index is 10.6. The van der Waals surface area contributed by atoms with Gasteiger partial charge in [-0.15, -0.1) is 0 Å². The summed E-state index contributed by atoms with van der Waals surface area (Å²) in [4.78, 5) is 10.6. The van der Waals surface area contributed by atoms with Crippen LogP contribution in [-0.2, 0) is 19.6 Å². The summed E-state index contributed by atoms with van der Waals surface area (Å²) >= 11 is 0. The van der Waals surface area contributed by atoms with Crippen molar-refractivity contribution in [2.24, 2.45) is 0 Å². The number of hydrogen-bond donors (Lipinski definition) is 1. The molecule has 1 N–H and O–H groups in total. The molecule has 78 valence electrons. The molecule has 5 nitrogen and oxygen atoms in total. The zero-order valence-corrected chi connectivity index (χ0v) is 14.0. The molecule has 0 heterocycles. The Bertz CT molecular complexity index is 288. The Balaban J connectivity index is -0.000000720. The van der Waals surface area contributed by atoms with Crippen LogP contribution in [-0.4, -0.2) is 31.3 Å². The van der Waals surface area contributed by atoms with Gasteiger partial charge in [0.15, 0.2) is 0 Å². The summed E-state index contributed by atoms with van der Waals surface area (Å²) in [6.07, 6.45) is 2.85. The predicted octanol–water partition coefficient (Wildman–Crippen LogP) is -2.50. The summed E-state index contributed by atoms with van der Waals surface area (Å²) < 4.78 is 33.3. The molecule has 0 aliphatic heterocycles. The Hall–Kier alpha value is 0.925. The summed E-state index contributed by atoms with van der Waals surface area (Å²) in [6, 6.07) is 0. The van der Waals surface area contributed by atoms with Gasteiger partial charge in [0, 0.05) is 6.08 Å². The maximum Gasteiger partial charge on any atom is 1.00 e. The standard InChI is InChI=1S/C7H12O5S.Rb.H/c1-2-4-7(8)12-5-3-6-13(9,10)11;;/h2,4H,3,5-6H2,1H3,(H,9,10,11);;/q;+1;-1. The fourth-order valence-corrected chi connectivity index (χ4v) is 1.08. The number of carbonyl (C=O) groups excluding carboxylic acids is 1. The molecule has 0 fully saturated rings. The largest absolute Gasteiger partial charge is 1.00 e. The second kappa shape index (κ2) is 9.17. The Kier molecular flexibility index (Phi) is 11.4.